The molecular weight excluding hydrogens is 352 g/mol. The first-order valence-corrected chi connectivity index (χ1v) is 9.66. The zero-order chi connectivity index (χ0) is 16.7. The molecule has 0 aromatic heterocycles. The monoisotopic (exact) mass is 378 g/mol. The number of carbonyl (C=O) groups is 1. The van der Waals surface area contributed by atoms with Gasteiger partial charge in [-0.05, 0) is 48.6 Å². The quantitative estimate of drug-likeness (QED) is 0.392. The van der Waals surface area contributed by atoms with E-state index in [2.05, 4.69) is 35.0 Å². The SMILES string of the molecule is CCCCCCCCOc1ccc(C2=C(C)C(=O)C(Br)C2)cc1. The number of ether oxygens (including phenoxy) is 1. The number of Topliss-reactive ketones (excluding diaryl/α,β-unsaturated/α-hetero) is 1. The van der Waals surface area contributed by atoms with E-state index in [-0.39, 0.29) is 10.6 Å². The van der Waals surface area contributed by atoms with Crippen LogP contribution in [0.15, 0.2) is 29.8 Å². The molecule has 0 radical (unpaired) electrons. The summed E-state index contributed by atoms with van der Waals surface area (Å²) in [5.41, 5.74) is 3.16. The van der Waals surface area contributed by atoms with Crippen LogP contribution >= 0.6 is 15.9 Å². The number of allylic oxidation sites excluding steroid dienone is 2. The van der Waals surface area contributed by atoms with E-state index in [0.29, 0.717) is 0 Å². The fourth-order valence-corrected chi connectivity index (χ4v) is 3.63. The van der Waals surface area contributed by atoms with Gasteiger partial charge < -0.3 is 4.74 Å². The molecule has 1 aromatic rings. The lowest BCUT2D eigenvalue weighted by atomic mass is 10.0. The number of alkyl halides is 1. The van der Waals surface area contributed by atoms with Crippen molar-refractivity contribution in [3.63, 3.8) is 0 Å². The minimum Gasteiger partial charge on any atom is -0.494 e. The molecule has 2 rings (SSSR count). The molecule has 1 aliphatic carbocycles. The highest BCUT2D eigenvalue weighted by Gasteiger charge is 2.28. The average Bonchev–Trinajstić information content (AvgIpc) is 2.82. The van der Waals surface area contributed by atoms with Crippen molar-refractivity contribution in [3.8, 4) is 5.75 Å². The van der Waals surface area contributed by atoms with Crippen molar-refractivity contribution in [1.82, 2.24) is 0 Å². The fourth-order valence-electron chi connectivity index (χ4n) is 2.97. The van der Waals surface area contributed by atoms with E-state index >= 15 is 0 Å². The van der Waals surface area contributed by atoms with Crippen molar-refractivity contribution in [3.05, 3.63) is 35.4 Å². The molecule has 0 fully saturated rings. The van der Waals surface area contributed by atoms with E-state index in [1.165, 1.54) is 32.1 Å². The molecule has 0 spiro atoms. The second kappa shape index (κ2) is 9.27. The summed E-state index contributed by atoms with van der Waals surface area (Å²) in [6, 6.07) is 8.15. The predicted molar refractivity (Wildman–Crippen MR) is 100 cm³/mol. The van der Waals surface area contributed by atoms with Gasteiger partial charge in [-0.2, -0.15) is 0 Å². The standard InChI is InChI=1S/C20H27BrO2/c1-3-4-5-6-7-8-13-23-17-11-9-16(10-12-17)18-14-19(21)20(22)15(18)2/h9-12,19H,3-8,13-14H2,1-2H3. The Kier molecular flexibility index (Phi) is 7.35. The Balaban J connectivity index is 1.78. The number of ketones is 1. The van der Waals surface area contributed by atoms with Crippen molar-refractivity contribution >= 4 is 27.3 Å². The number of unbranched alkanes of at least 4 members (excludes halogenated alkanes) is 5. The smallest absolute Gasteiger partial charge is 0.172 e. The van der Waals surface area contributed by atoms with Crippen LogP contribution in [-0.4, -0.2) is 17.2 Å². The lowest BCUT2D eigenvalue weighted by Gasteiger charge is -2.08. The van der Waals surface area contributed by atoms with Crippen LogP contribution in [0.4, 0.5) is 0 Å². The molecule has 0 amide bonds. The number of hydrogen-bond donors (Lipinski definition) is 0. The third-order valence-corrected chi connectivity index (χ3v) is 5.20. The van der Waals surface area contributed by atoms with Gasteiger partial charge in [0, 0.05) is 0 Å². The minimum absolute atomic E-state index is 0.0545. The van der Waals surface area contributed by atoms with Gasteiger partial charge in [0.25, 0.3) is 0 Å². The first kappa shape index (κ1) is 18.3. The fraction of sp³-hybridized carbons (Fsp3) is 0.550. The van der Waals surface area contributed by atoms with Crippen LogP contribution in [0.25, 0.3) is 5.57 Å². The van der Waals surface area contributed by atoms with Crippen LogP contribution in [0.3, 0.4) is 0 Å². The lowest BCUT2D eigenvalue weighted by molar-refractivity contribution is -0.114. The Labute approximate surface area is 148 Å². The second-order valence-corrected chi connectivity index (χ2v) is 7.39. The van der Waals surface area contributed by atoms with Crippen LogP contribution in [0.1, 0.15) is 64.4 Å². The third-order valence-electron chi connectivity index (χ3n) is 4.46. The highest BCUT2D eigenvalue weighted by Crippen LogP contribution is 2.35. The van der Waals surface area contributed by atoms with Crippen LogP contribution in [0, 0.1) is 0 Å². The summed E-state index contributed by atoms with van der Waals surface area (Å²) in [5.74, 6) is 1.13. The summed E-state index contributed by atoms with van der Waals surface area (Å²) in [7, 11) is 0. The van der Waals surface area contributed by atoms with Gasteiger partial charge in [-0.3, -0.25) is 4.79 Å². The van der Waals surface area contributed by atoms with E-state index in [1.54, 1.807) is 0 Å². The summed E-state index contributed by atoms with van der Waals surface area (Å²) >= 11 is 3.44. The summed E-state index contributed by atoms with van der Waals surface area (Å²) in [4.78, 5) is 11.8. The first-order chi connectivity index (χ1) is 11.1. The largest absolute Gasteiger partial charge is 0.494 e. The van der Waals surface area contributed by atoms with E-state index in [0.717, 1.165) is 41.9 Å². The lowest BCUT2D eigenvalue weighted by Crippen LogP contribution is -2.06. The maximum absolute atomic E-state index is 11.9. The third kappa shape index (κ3) is 5.20. The molecule has 2 nitrogen and oxygen atoms in total. The Bertz CT molecular complexity index is 545. The van der Waals surface area contributed by atoms with Crippen molar-refractivity contribution in [1.29, 1.82) is 0 Å². The van der Waals surface area contributed by atoms with Gasteiger partial charge in [0.1, 0.15) is 5.75 Å². The highest BCUT2D eigenvalue weighted by atomic mass is 79.9. The molecular formula is C20H27BrO2. The predicted octanol–water partition coefficient (Wildman–Crippen LogP) is 5.94. The van der Waals surface area contributed by atoms with Crippen molar-refractivity contribution in [2.24, 2.45) is 0 Å². The maximum atomic E-state index is 11.9. The molecule has 1 unspecified atom stereocenters. The Hall–Kier alpha value is -1.09. The summed E-state index contributed by atoms with van der Waals surface area (Å²) < 4.78 is 5.81. The van der Waals surface area contributed by atoms with Gasteiger partial charge in [0.15, 0.2) is 5.78 Å². The van der Waals surface area contributed by atoms with E-state index in [9.17, 15) is 4.79 Å². The highest BCUT2D eigenvalue weighted by molar-refractivity contribution is 9.10. The van der Waals surface area contributed by atoms with Gasteiger partial charge in [-0.1, -0.05) is 67.1 Å². The number of halogens is 1. The molecule has 126 valence electrons. The first-order valence-electron chi connectivity index (χ1n) is 8.74. The minimum atomic E-state index is -0.0545. The Morgan fingerprint density at radius 1 is 1.09 bits per heavy atom. The number of hydrogen-bond acceptors (Lipinski definition) is 2. The molecule has 0 N–H and O–H groups in total. The maximum Gasteiger partial charge on any atom is 0.172 e. The molecule has 1 aliphatic rings. The number of benzene rings is 1. The molecule has 23 heavy (non-hydrogen) atoms. The zero-order valence-corrected chi connectivity index (χ0v) is 15.8. The van der Waals surface area contributed by atoms with E-state index in [4.69, 9.17) is 4.74 Å². The van der Waals surface area contributed by atoms with Crippen LogP contribution in [0.2, 0.25) is 0 Å². The van der Waals surface area contributed by atoms with Crippen LogP contribution in [-0.2, 0) is 4.79 Å². The molecule has 0 heterocycles. The summed E-state index contributed by atoms with van der Waals surface area (Å²) in [6.07, 6.45) is 8.44. The van der Waals surface area contributed by atoms with Gasteiger partial charge in [-0.25, -0.2) is 0 Å². The van der Waals surface area contributed by atoms with Crippen LogP contribution < -0.4 is 4.74 Å². The second-order valence-electron chi connectivity index (χ2n) is 6.28. The number of carbonyl (C=O) groups excluding carboxylic acids is 1. The van der Waals surface area contributed by atoms with E-state index in [1.807, 2.05) is 19.1 Å². The molecule has 3 heteroatoms. The van der Waals surface area contributed by atoms with Crippen molar-refractivity contribution < 1.29 is 9.53 Å². The summed E-state index contributed by atoms with van der Waals surface area (Å²) in [6.45, 7) is 4.95. The normalized spacial score (nSPS) is 17.9. The van der Waals surface area contributed by atoms with E-state index < -0.39 is 0 Å². The average molecular weight is 379 g/mol. The van der Waals surface area contributed by atoms with Gasteiger partial charge in [0.05, 0.1) is 11.4 Å². The Morgan fingerprint density at radius 3 is 2.35 bits per heavy atom. The topological polar surface area (TPSA) is 26.3 Å². The zero-order valence-electron chi connectivity index (χ0n) is 14.2. The molecule has 0 saturated carbocycles. The van der Waals surface area contributed by atoms with Gasteiger partial charge in [-0.15, -0.1) is 0 Å². The molecule has 1 aromatic carbocycles. The Morgan fingerprint density at radius 2 is 1.74 bits per heavy atom. The molecule has 0 saturated heterocycles. The van der Waals surface area contributed by atoms with Crippen molar-refractivity contribution in [2.75, 3.05) is 6.61 Å². The molecule has 0 aliphatic heterocycles. The molecule has 1 atom stereocenters. The van der Waals surface area contributed by atoms with Crippen molar-refractivity contribution in [2.45, 2.75) is 63.6 Å². The molecule has 0 bridgehead atoms. The van der Waals surface area contributed by atoms with Gasteiger partial charge in [0.2, 0.25) is 0 Å². The number of rotatable bonds is 9. The van der Waals surface area contributed by atoms with Gasteiger partial charge >= 0.3 is 0 Å². The summed E-state index contributed by atoms with van der Waals surface area (Å²) in [5, 5.41) is 0. The van der Waals surface area contributed by atoms with Crippen LogP contribution in [0.5, 0.6) is 5.75 Å².